The molecular weight excluding hydrogens is 252 g/mol. The molecular formula is C16H22N2S. The summed E-state index contributed by atoms with van der Waals surface area (Å²) in [6.07, 6.45) is 8.16. The molecule has 2 unspecified atom stereocenters. The maximum atomic E-state index is 4.33. The smallest absolute Gasteiger partial charge is 0.0813 e. The van der Waals surface area contributed by atoms with Gasteiger partial charge in [-0.3, -0.25) is 0 Å². The molecule has 1 N–H and O–H groups in total. The lowest BCUT2D eigenvalue weighted by molar-refractivity contribution is 0.444. The van der Waals surface area contributed by atoms with Crippen LogP contribution >= 0.6 is 11.3 Å². The van der Waals surface area contributed by atoms with Gasteiger partial charge >= 0.3 is 0 Å². The van der Waals surface area contributed by atoms with Gasteiger partial charge in [0, 0.05) is 11.7 Å². The van der Waals surface area contributed by atoms with Crippen molar-refractivity contribution in [2.75, 3.05) is 5.32 Å². The normalized spacial score (nSPS) is 24.3. The van der Waals surface area contributed by atoms with Crippen LogP contribution in [0.3, 0.4) is 0 Å². The topological polar surface area (TPSA) is 24.9 Å². The molecule has 102 valence electrons. The van der Waals surface area contributed by atoms with Gasteiger partial charge in [-0.25, -0.2) is 4.98 Å². The highest BCUT2D eigenvalue weighted by atomic mass is 32.1. The van der Waals surface area contributed by atoms with Crippen molar-refractivity contribution < 1.29 is 0 Å². The predicted octanol–water partition coefficient (Wildman–Crippen LogP) is 5.07. The minimum Gasteiger partial charge on any atom is -0.382 e. The van der Waals surface area contributed by atoms with Gasteiger partial charge in [0.1, 0.15) is 0 Å². The highest BCUT2D eigenvalue weighted by Gasteiger charge is 2.17. The Kier molecular flexibility index (Phi) is 4.02. The van der Waals surface area contributed by atoms with Gasteiger partial charge in [-0.1, -0.05) is 26.2 Å². The summed E-state index contributed by atoms with van der Waals surface area (Å²) in [5.74, 6) is 0.954. The Morgan fingerprint density at radius 3 is 3.11 bits per heavy atom. The molecule has 0 radical (unpaired) electrons. The fraction of sp³-hybridized carbons (Fsp3) is 0.562. The van der Waals surface area contributed by atoms with Gasteiger partial charge in [0.2, 0.25) is 0 Å². The summed E-state index contributed by atoms with van der Waals surface area (Å²) in [5, 5.41) is 3.73. The van der Waals surface area contributed by atoms with Crippen LogP contribution in [-0.2, 0) is 0 Å². The Balaban J connectivity index is 1.66. The second-order valence-electron chi connectivity index (χ2n) is 5.66. The SMILES string of the molecule is CCC1CCCC(Nc2ccc3ncsc3c2)CC1. The number of nitrogens with zero attached hydrogens (tertiary/aromatic N) is 1. The molecule has 2 nitrogen and oxygen atoms in total. The predicted molar refractivity (Wildman–Crippen MR) is 83.9 cm³/mol. The molecule has 1 heterocycles. The first-order valence-electron chi connectivity index (χ1n) is 7.45. The monoisotopic (exact) mass is 274 g/mol. The van der Waals surface area contributed by atoms with Crippen molar-refractivity contribution in [3.8, 4) is 0 Å². The average molecular weight is 274 g/mol. The zero-order valence-electron chi connectivity index (χ0n) is 11.6. The lowest BCUT2D eigenvalue weighted by Crippen LogP contribution is -2.18. The van der Waals surface area contributed by atoms with E-state index in [1.165, 1.54) is 48.9 Å². The highest BCUT2D eigenvalue weighted by molar-refractivity contribution is 7.16. The fourth-order valence-electron chi connectivity index (χ4n) is 3.11. The first-order chi connectivity index (χ1) is 9.35. The van der Waals surface area contributed by atoms with E-state index in [-0.39, 0.29) is 0 Å². The van der Waals surface area contributed by atoms with Crippen molar-refractivity contribution in [3.63, 3.8) is 0 Å². The molecule has 1 aromatic heterocycles. The Bertz CT molecular complexity index is 534. The molecule has 0 amide bonds. The highest BCUT2D eigenvalue weighted by Crippen LogP contribution is 2.28. The van der Waals surface area contributed by atoms with Crippen LogP contribution in [-0.4, -0.2) is 11.0 Å². The largest absolute Gasteiger partial charge is 0.382 e. The quantitative estimate of drug-likeness (QED) is 0.791. The molecule has 1 saturated carbocycles. The van der Waals surface area contributed by atoms with E-state index in [0.717, 1.165) is 11.4 Å². The molecule has 0 aliphatic heterocycles. The van der Waals surface area contributed by atoms with E-state index in [4.69, 9.17) is 0 Å². The zero-order valence-corrected chi connectivity index (χ0v) is 12.4. The first-order valence-corrected chi connectivity index (χ1v) is 8.33. The van der Waals surface area contributed by atoms with Gasteiger partial charge in [0.25, 0.3) is 0 Å². The fourth-order valence-corrected chi connectivity index (χ4v) is 3.83. The van der Waals surface area contributed by atoms with Gasteiger partial charge < -0.3 is 5.32 Å². The van der Waals surface area contributed by atoms with Crippen molar-refractivity contribution in [3.05, 3.63) is 23.7 Å². The second kappa shape index (κ2) is 5.91. The van der Waals surface area contributed by atoms with Crippen molar-refractivity contribution in [2.24, 2.45) is 5.92 Å². The molecule has 1 aliphatic rings. The minimum atomic E-state index is 0.655. The second-order valence-corrected chi connectivity index (χ2v) is 6.54. The molecule has 3 heteroatoms. The molecule has 1 fully saturated rings. The van der Waals surface area contributed by atoms with Gasteiger partial charge in [-0.05, 0) is 43.4 Å². The van der Waals surface area contributed by atoms with Crippen LogP contribution < -0.4 is 5.32 Å². The van der Waals surface area contributed by atoms with E-state index < -0.39 is 0 Å². The molecule has 2 atom stereocenters. The number of fused-ring (bicyclic) bond motifs is 1. The number of hydrogen-bond acceptors (Lipinski definition) is 3. The number of nitrogens with one attached hydrogen (secondary N) is 1. The van der Waals surface area contributed by atoms with E-state index in [0.29, 0.717) is 6.04 Å². The molecule has 0 spiro atoms. The van der Waals surface area contributed by atoms with Crippen LogP contribution in [0.5, 0.6) is 0 Å². The number of aromatic nitrogens is 1. The number of rotatable bonds is 3. The first kappa shape index (κ1) is 12.9. The zero-order chi connectivity index (χ0) is 13.1. The summed E-state index contributed by atoms with van der Waals surface area (Å²) in [6.45, 7) is 2.33. The number of benzene rings is 1. The molecule has 1 aliphatic carbocycles. The Morgan fingerprint density at radius 1 is 1.26 bits per heavy atom. The third kappa shape index (κ3) is 3.08. The summed E-state index contributed by atoms with van der Waals surface area (Å²) >= 11 is 1.72. The van der Waals surface area contributed by atoms with E-state index in [1.807, 2.05) is 5.51 Å². The Hall–Kier alpha value is -1.09. The Labute approximate surface area is 119 Å². The summed E-state index contributed by atoms with van der Waals surface area (Å²) in [4.78, 5) is 4.33. The molecule has 0 bridgehead atoms. The Morgan fingerprint density at radius 2 is 2.21 bits per heavy atom. The lowest BCUT2D eigenvalue weighted by atomic mass is 9.98. The number of thiazole rings is 1. The van der Waals surface area contributed by atoms with Gasteiger partial charge in [0.05, 0.1) is 15.7 Å². The molecule has 0 saturated heterocycles. The molecule has 2 aromatic rings. The van der Waals surface area contributed by atoms with E-state index in [9.17, 15) is 0 Å². The third-order valence-corrected chi connectivity index (χ3v) is 5.16. The van der Waals surface area contributed by atoms with Crippen LogP contribution in [0.4, 0.5) is 5.69 Å². The van der Waals surface area contributed by atoms with Crippen LogP contribution in [0.15, 0.2) is 23.7 Å². The van der Waals surface area contributed by atoms with Crippen molar-refractivity contribution >= 4 is 27.2 Å². The van der Waals surface area contributed by atoms with Crippen LogP contribution in [0.2, 0.25) is 0 Å². The molecule has 19 heavy (non-hydrogen) atoms. The maximum absolute atomic E-state index is 4.33. The molecule has 3 rings (SSSR count). The van der Waals surface area contributed by atoms with Gasteiger partial charge in [0.15, 0.2) is 0 Å². The summed E-state index contributed by atoms with van der Waals surface area (Å²) in [6, 6.07) is 7.20. The van der Waals surface area contributed by atoms with Crippen LogP contribution in [0, 0.1) is 5.92 Å². The standard InChI is InChI=1S/C16H22N2S/c1-2-12-4-3-5-13(7-6-12)18-14-8-9-15-16(10-14)19-11-17-15/h8-13,18H,2-7H2,1H3. The third-order valence-electron chi connectivity index (χ3n) is 4.37. The van der Waals surface area contributed by atoms with E-state index in [1.54, 1.807) is 11.3 Å². The van der Waals surface area contributed by atoms with Crippen molar-refractivity contribution in [2.45, 2.75) is 51.5 Å². The van der Waals surface area contributed by atoms with E-state index >= 15 is 0 Å². The van der Waals surface area contributed by atoms with Crippen molar-refractivity contribution in [1.29, 1.82) is 0 Å². The molecule has 1 aromatic carbocycles. The van der Waals surface area contributed by atoms with Crippen LogP contribution in [0.1, 0.15) is 45.4 Å². The maximum Gasteiger partial charge on any atom is 0.0813 e. The summed E-state index contributed by atoms with van der Waals surface area (Å²) in [5.41, 5.74) is 4.30. The van der Waals surface area contributed by atoms with Crippen molar-refractivity contribution in [1.82, 2.24) is 4.98 Å². The van der Waals surface area contributed by atoms with Gasteiger partial charge in [-0.15, -0.1) is 11.3 Å². The van der Waals surface area contributed by atoms with E-state index in [2.05, 4.69) is 35.4 Å². The van der Waals surface area contributed by atoms with Crippen LogP contribution in [0.25, 0.3) is 10.2 Å². The van der Waals surface area contributed by atoms with Gasteiger partial charge in [-0.2, -0.15) is 0 Å². The summed E-state index contributed by atoms with van der Waals surface area (Å²) < 4.78 is 1.28. The summed E-state index contributed by atoms with van der Waals surface area (Å²) in [7, 11) is 0. The average Bonchev–Trinajstić information content (AvgIpc) is 2.77. The number of anilines is 1. The number of hydrogen-bond donors (Lipinski definition) is 1. The minimum absolute atomic E-state index is 0.655. The lowest BCUT2D eigenvalue weighted by Gasteiger charge is -2.18.